The lowest BCUT2D eigenvalue weighted by Gasteiger charge is -2.22. The Balaban J connectivity index is 2.22. The highest BCUT2D eigenvalue weighted by Gasteiger charge is 2.11. The monoisotopic (exact) mass is 363 g/mol. The van der Waals surface area contributed by atoms with Crippen LogP contribution < -0.4 is 5.32 Å². The zero-order valence-corrected chi connectivity index (χ0v) is 15.4. The summed E-state index contributed by atoms with van der Waals surface area (Å²) < 4.78 is 1.12. The smallest absolute Gasteiger partial charge is 0.0221 e. The first kappa shape index (κ1) is 16.6. The SMILES string of the molecule is Cc1ccc(Sc2cccc(Br)c2)c(CNC(C)(C)C)c1. The van der Waals surface area contributed by atoms with E-state index in [1.165, 1.54) is 20.9 Å². The summed E-state index contributed by atoms with van der Waals surface area (Å²) in [4.78, 5) is 2.57. The van der Waals surface area contributed by atoms with Gasteiger partial charge in [0.05, 0.1) is 0 Å². The van der Waals surface area contributed by atoms with Gasteiger partial charge in [-0.2, -0.15) is 0 Å². The van der Waals surface area contributed by atoms with Crippen LogP contribution in [0.5, 0.6) is 0 Å². The van der Waals surface area contributed by atoms with Crippen LogP contribution in [0.2, 0.25) is 0 Å². The number of rotatable bonds is 4. The van der Waals surface area contributed by atoms with Crippen LogP contribution in [0.3, 0.4) is 0 Å². The van der Waals surface area contributed by atoms with E-state index < -0.39 is 0 Å². The van der Waals surface area contributed by atoms with E-state index in [0.29, 0.717) is 0 Å². The van der Waals surface area contributed by atoms with Gasteiger partial charge in [0.15, 0.2) is 0 Å². The van der Waals surface area contributed by atoms with Crippen molar-refractivity contribution in [3.8, 4) is 0 Å². The molecule has 0 spiro atoms. The van der Waals surface area contributed by atoms with E-state index >= 15 is 0 Å². The highest BCUT2D eigenvalue weighted by molar-refractivity contribution is 9.10. The van der Waals surface area contributed by atoms with Gasteiger partial charge in [-0.1, -0.05) is 51.5 Å². The molecule has 0 saturated heterocycles. The molecule has 0 saturated carbocycles. The Bertz CT molecular complexity index is 617. The maximum absolute atomic E-state index is 3.58. The lowest BCUT2D eigenvalue weighted by atomic mass is 10.1. The molecule has 0 aromatic heterocycles. The van der Waals surface area contributed by atoms with Crippen LogP contribution >= 0.6 is 27.7 Å². The molecule has 0 heterocycles. The van der Waals surface area contributed by atoms with Gasteiger partial charge in [0.2, 0.25) is 0 Å². The minimum Gasteiger partial charge on any atom is -0.308 e. The number of nitrogens with one attached hydrogen (secondary N) is 1. The molecule has 1 nitrogen and oxygen atoms in total. The molecule has 0 aliphatic rings. The van der Waals surface area contributed by atoms with Crippen LogP contribution in [0, 0.1) is 6.92 Å². The lowest BCUT2D eigenvalue weighted by molar-refractivity contribution is 0.422. The van der Waals surface area contributed by atoms with Crippen molar-refractivity contribution in [1.82, 2.24) is 5.32 Å². The first-order valence-corrected chi connectivity index (χ1v) is 8.72. The standard InChI is InChI=1S/C18H22BrNS/c1-13-8-9-17(14(10-13)12-20-18(2,3)4)21-16-7-5-6-15(19)11-16/h5-11,20H,12H2,1-4H3. The zero-order chi connectivity index (χ0) is 15.5. The van der Waals surface area contributed by atoms with E-state index in [4.69, 9.17) is 0 Å². The van der Waals surface area contributed by atoms with Gasteiger partial charge in [-0.3, -0.25) is 0 Å². The molecule has 2 aromatic carbocycles. The van der Waals surface area contributed by atoms with Crippen molar-refractivity contribution in [3.63, 3.8) is 0 Å². The summed E-state index contributed by atoms with van der Waals surface area (Å²) in [5.74, 6) is 0. The molecule has 112 valence electrons. The van der Waals surface area contributed by atoms with E-state index in [1.807, 2.05) is 11.8 Å². The molecule has 0 aliphatic carbocycles. The second-order valence-electron chi connectivity index (χ2n) is 6.27. The van der Waals surface area contributed by atoms with Crippen LogP contribution in [-0.2, 0) is 6.54 Å². The maximum atomic E-state index is 3.58. The minimum absolute atomic E-state index is 0.126. The topological polar surface area (TPSA) is 12.0 Å². The van der Waals surface area contributed by atoms with Gasteiger partial charge in [0.25, 0.3) is 0 Å². The van der Waals surface area contributed by atoms with Gasteiger partial charge in [-0.15, -0.1) is 0 Å². The molecule has 0 radical (unpaired) electrons. The second kappa shape index (κ2) is 6.99. The normalized spacial score (nSPS) is 11.7. The molecule has 0 amide bonds. The summed E-state index contributed by atoms with van der Waals surface area (Å²) in [5, 5.41) is 3.58. The number of hydrogen-bond donors (Lipinski definition) is 1. The van der Waals surface area contributed by atoms with Crippen LogP contribution in [0.4, 0.5) is 0 Å². The summed E-state index contributed by atoms with van der Waals surface area (Å²) in [5.41, 5.74) is 2.79. The van der Waals surface area contributed by atoms with Crippen molar-refractivity contribution in [2.75, 3.05) is 0 Å². The predicted octanol–water partition coefficient (Wildman–Crippen LogP) is 5.80. The highest BCUT2D eigenvalue weighted by Crippen LogP contribution is 2.32. The van der Waals surface area contributed by atoms with Crippen molar-refractivity contribution < 1.29 is 0 Å². The van der Waals surface area contributed by atoms with E-state index in [-0.39, 0.29) is 5.54 Å². The largest absolute Gasteiger partial charge is 0.308 e. The number of aryl methyl sites for hydroxylation is 1. The first-order valence-electron chi connectivity index (χ1n) is 7.11. The molecule has 21 heavy (non-hydrogen) atoms. The van der Waals surface area contributed by atoms with Crippen LogP contribution in [0.1, 0.15) is 31.9 Å². The summed E-state index contributed by atoms with van der Waals surface area (Å²) >= 11 is 5.35. The number of hydrogen-bond acceptors (Lipinski definition) is 2. The van der Waals surface area contributed by atoms with Gasteiger partial charge in [0.1, 0.15) is 0 Å². The number of halogens is 1. The van der Waals surface area contributed by atoms with E-state index in [9.17, 15) is 0 Å². The Morgan fingerprint density at radius 2 is 1.86 bits per heavy atom. The van der Waals surface area contributed by atoms with E-state index in [0.717, 1.165) is 11.0 Å². The Morgan fingerprint density at radius 1 is 1.10 bits per heavy atom. The fraction of sp³-hybridized carbons (Fsp3) is 0.333. The van der Waals surface area contributed by atoms with Crippen LogP contribution in [0.15, 0.2) is 56.7 Å². The minimum atomic E-state index is 0.126. The third-order valence-corrected chi connectivity index (χ3v) is 4.65. The molecule has 0 fully saturated rings. The molecule has 3 heteroatoms. The highest BCUT2D eigenvalue weighted by atomic mass is 79.9. The molecule has 1 N–H and O–H groups in total. The average Bonchev–Trinajstić information content (AvgIpc) is 2.38. The van der Waals surface area contributed by atoms with Crippen molar-refractivity contribution in [1.29, 1.82) is 0 Å². The molecule has 0 unspecified atom stereocenters. The van der Waals surface area contributed by atoms with Crippen molar-refractivity contribution in [2.45, 2.75) is 49.6 Å². The predicted molar refractivity (Wildman–Crippen MR) is 96.0 cm³/mol. The third-order valence-electron chi connectivity index (χ3n) is 3.05. The lowest BCUT2D eigenvalue weighted by Crippen LogP contribution is -2.35. The summed E-state index contributed by atoms with van der Waals surface area (Å²) in [6.45, 7) is 9.63. The van der Waals surface area contributed by atoms with Gasteiger partial charge in [-0.25, -0.2) is 0 Å². The summed E-state index contributed by atoms with van der Waals surface area (Å²) in [6, 6.07) is 15.1. The van der Waals surface area contributed by atoms with Crippen molar-refractivity contribution in [3.05, 3.63) is 58.1 Å². The molecule has 2 aromatic rings. The average molecular weight is 364 g/mol. The molecular weight excluding hydrogens is 342 g/mol. The fourth-order valence-electron chi connectivity index (χ4n) is 1.96. The van der Waals surface area contributed by atoms with Crippen LogP contribution in [0.25, 0.3) is 0 Å². The Hall–Kier alpha value is -0.770. The Labute approximate surface area is 140 Å². The van der Waals surface area contributed by atoms with Crippen LogP contribution in [-0.4, -0.2) is 5.54 Å². The maximum Gasteiger partial charge on any atom is 0.0221 e. The third kappa shape index (κ3) is 5.50. The Morgan fingerprint density at radius 3 is 2.52 bits per heavy atom. The quantitative estimate of drug-likeness (QED) is 0.736. The van der Waals surface area contributed by atoms with E-state index in [1.54, 1.807) is 0 Å². The Kier molecular flexibility index (Phi) is 5.53. The fourth-order valence-corrected chi connectivity index (χ4v) is 3.50. The van der Waals surface area contributed by atoms with E-state index in [2.05, 4.69) is 91.4 Å². The van der Waals surface area contributed by atoms with Gasteiger partial charge in [0, 0.05) is 26.3 Å². The molecule has 0 atom stereocenters. The summed E-state index contributed by atoms with van der Waals surface area (Å²) in [7, 11) is 0. The number of benzene rings is 2. The molecule has 0 aliphatic heterocycles. The summed E-state index contributed by atoms with van der Waals surface area (Å²) in [6.07, 6.45) is 0. The zero-order valence-electron chi connectivity index (χ0n) is 13.0. The van der Waals surface area contributed by atoms with Crippen molar-refractivity contribution in [2.24, 2.45) is 0 Å². The molecule has 0 bridgehead atoms. The van der Waals surface area contributed by atoms with Gasteiger partial charge >= 0.3 is 0 Å². The van der Waals surface area contributed by atoms with Gasteiger partial charge in [-0.05, 0) is 57.5 Å². The molecule has 2 rings (SSSR count). The van der Waals surface area contributed by atoms with Crippen molar-refractivity contribution >= 4 is 27.7 Å². The van der Waals surface area contributed by atoms with Gasteiger partial charge < -0.3 is 5.32 Å². The first-order chi connectivity index (χ1) is 9.83. The molecular formula is C18H22BrNS. The second-order valence-corrected chi connectivity index (χ2v) is 8.31.